The number of amides is 1. The van der Waals surface area contributed by atoms with E-state index < -0.39 is 5.41 Å². The Morgan fingerprint density at radius 3 is 2.13 bits per heavy atom. The second-order valence-electron chi connectivity index (χ2n) is 13.0. The number of nitrogens with one attached hydrogen (secondary N) is 1. The SMILES string of the molecule is CC1C(C(C)(C)C)C(c2ccc(C(C)(C)C)c(NC(=O)C(C)(C)C)c2)CCC1(C)O[Si]. The minimum atomic E-state index is -0.437. The van der Waals surface area contributed by atoms with Gasteiger partial charge in [0.25, 0.3) is 0 Å². The molecule has 3 radical (unpaired) electrons. The third kappa shape index (κ3) is 5.62. The summed E-state index contributed by atoms with van der Waals surface area (Å²) in [5.41, 5.74) is 2.92. The Hall–Kier alpha value is -1.13. The Balaban J connectivity index is 2.56. The van der Waals surface area contributed by atoms with E-state index >= 15 is 0 Å². The van der Waals surface area contributed by atoms with Gasteiger partial charge in [-0.3, -0.25) is 4.79 Å². The van der Waals surface area contributed by atoms with E-state index in [0.717, 1.165) is 18.5 Å². The molecule has 1 aliphatic carbocycles. The minimum Gasteiger partial charge on any atom is -0.413 e. The van der Waals surface area contributed by atoms with Gasteiger partial charge in [-0.1, -0.05) is 81.4 Å². The van der Waals surface area contributed by atoms with Gasteiger partial charge in [-0.05, 0) is 65.5 Å². The second-order valence-corrected chi connectivity index (χ2v) is 13.2. The molecule has 3 nitrogen and oxygen atoms in total. The minimum absolute atomic E-state index is 0.0511. The molecular weight excluding hydrogens is 398 g/mol. The van der Waals surface area contributed by atoms with Crippen LogP contribution in [0.5, 0.6) is 0 Å². The van der Waals surface area contributed by atoms with Crippen molar-refractivity contribution in [1.29, 1.82) is 0 Å². The Morgan fingerprint density at radius 1 is 1.10 bits per heavy atom. The maximum atomic E-state index is 12.9. The lowest BCUT2D eigenvalue weighted by molar-refractivity contribution is -0.123. The third-order valence-electron chi connectivity index (χ3n) is 7.33. The van der Waals surface area contributed by atoms with Crippen LogP contribution in [0.4, 0.5) is 5.69 Å². The molecular formula is C27H44NO2Si. The molecule has 1 aromatic rings. The third-order valence-corrected chi connectivity index (χ3v) is 7.80. The highest BCUT2D eigenvalue weighted by atomic mass is 28.2. The molecule has 31 heavy (non-hydrogen) atoms. The molecule has 0 aromatic heterocycles. The van der Waals surface area contributed by atoms with Crippen LogP contribution in [0.3, 0.4) is 0 Å². The fraction of sp³-hybridized carbons (Fsp3) is 0.741. The molecule has 0 spiro atoms. The van der Waals surface area contributed by atoms with Gasteiger partial charge >= 0.3 is 0 Å². The highest BCUT2D eigenvalue weighted by molar-refractivity contribution is 5.98. The number of anilines is 1. The topological polar surface area (TPSA) is 38.3 Å². The standard InChI is InChI=1S/C27H44NO2Si/c1-17-22(25(5,6)7)19(14-15-27(17,11)30-31)18-12-13-20(24(2,3)4)21(16-18)28-23(29)26(8,9)10/h12-13,16-17,19,22H,14-15H2,1-11H3,(H,28,29). The first-order valence-corrected chi connectivity index (χ1v) is 12.1. The van der Waals surface area contributed by atoms with Gasteiger partial charge < -0.3 is 9.74 Å². The Bertz CT molecular complexity index is 797. The van der Waals surface area contributed by atoms with E-state index in [4.69, 9.17) is 4.43 Å². The summed E-state index contributed by atoms with van der Waals surface area (Å²) in [6, 6.07) is 6.77. The fourth-order valence-corrected chi connectivity index (χ4v) is 5.60. The molecule has 0 saturated heterocycles. The van der Waals surface area contributed by atoms with Crippen molar-refractivity contribution < 1.29 is 9.22 Å². The van der Waals surface area contributed by atoms with Gasteiger partial charge in [0, 0.05) is 11.1 Å². The number of carbonyl (C=O) groups is 1. The summed E-state index contributed by atoms with van der Waals surface area (Å²) < 4.78 is 5.83. The van der Waals surface area contributed by atoms with E-state index in [-0.39, 0.29) is 22.3 Å². The van der Waals surface area contributed by atoms with E-state index in [0.29, 0.717) is 17.8 Å². The van der Waals surface area contributed by atoms with Crippen LogP contribution < -0.4 is 5.32 Å². The van der Waals surface area contributed by atoms with Crippen LogP contribution >= 0.6 is 0 Å². The highest BCUT2D eigenvalue weighted by Gasteiger charge is 2.48. The molecule has 2 rings (SSSR count). The molecule has 1 saturated carbocycles. The van der Waals surface area contributed by atoms with E-state index in [1.165, 1.54) is 11.1 Å². The first-order valence-electron chi connectivity index (χ1n) is 11.7. The van der Waals surface area contributed by atoms with Crippen LogP contribution in [0, 0.1) is 22.7 Å². The lowest BCUT2D eigenvalue weighted by Gasteiger charge is -2.53. The zero-order valence-corrected chi connectivity index (χ0v) is 22.7. The van der Waals surface area contributed by atoms with Gasteiger partial charge in [0.15, 0.2) is 0 Å². The lowest BCUT2D eigenvalue weighted by atomic mass is 9.56. The number of carbonyl (C=O) groups excluding carboxylic acids is 1. The number of rotatable bonds is 3. The van der Waals surface area contributed by atoms with E-state index in [1.807, 2.05) is 20.8 Å². The quantitative estimate of drug-likeness (QED) is 0.512. The van der Waals surface area contributed by atoms with Crippen molar-refractivity contribution >= 4 is 22.1 Å². The monoisotopic (exact) mass is 442 g/mol. The molecule has 0 bridgehead atoms. The molecule has 4 atom stereocenters. The van der Waals surface area contributed by atoms with Crippen molar-refractivity contribution in [3.05, 3.63) is 29.3 Å². The summed E-state index contributed by atoms with van der Waals surface area (Å²) in [5.74, 6) is 1.32. The first-order chi connectivity index (χ1) is 13.9. The van der Waals surface area contributed by atoms with Gasteiger partial charge in [0.05, 0.1) is 5.60 Å². The van der Waals surface area contributed by atoms with Crippen LogP contribution in [0.1, 0.15) is 106 Å². The van der Waals surface area contributed by atoms with E-state index in [1.54, 1.807) is 0 Å². The molecule has 1 amide bonds. The Labute approximate surface area is 194 Å². The average Bonchev–Trinajstić information content (AvgIpc) is 2.61. The summed E-state index contributed by atoms with van der Waals surface area (Å²) in [5, 5.41) is 3.26. The van der Waals surface area contributed by atoms with Crippen molar-refractivity contribution in [3.63, 3.8) is 0 Å². The van der Waals surface area contributed by atoms with Crippen molar-refractivity contribution in [2.75, 3.05) is 5.32 Å². The summed E-state index contributed by atoms with van der Waals surface area (Å²) >= 11 is 0. The van der Waals surface area contributed by atoms with Gasteiger partial charge in [-0.2, -0.15) is 0 Å². The fourth-order valence-electron chi connectivity index (χ4n) is 5.31. The predicted octanol–water partition coefficient (Wildman–Crippen LogP) is 7.00. The van der Waals surface area contributed by atoms with Crippen LogP contribution in [0.2, 0.25) is 0 Å². The Morgan fingerprint density at radius 2 is 1.68 bits per heavy atom. The number of hydrogen-bond acceptors (Lipinski definition) is 2. The van der Waals surface area contributed by atoms with Crippen molar-refractivity contribution in [3.8, 4) is 0 Å². The average molecular weight is 443 g/mol. The maximum absolute atomic E-state index is 12.9. The van der Waals surface area contributed by atoms with Crippen LogP contribution in [-0.4, -0.2) is 22.0 Å². The van der Waals surface area contributed by atoms with Crippen LogP contribution in [0.15, 0.2) is 18.2 Å². The molecule has 4 heteroatoms. The zero-order valence-electron chi connectivity index (χ0n) is 21.7. The highest BCUT2D eigenvalue weighted by Crippen LogP contribution is 2.54. The van der Waals surface area contributed by atoms with Gasteiger partial charge in [0.1, 0.15) is 0 Å². The van der Waals surface area contributed by atoms with E-state index in [9.17, 15) is 4.79 Å². The Kier molecular flexibility index (Phi) is 7.30. The smallest absolute Gasteiger partial charge is 0.247 e. The van der Waals surface area contributed by atoms with Gasteiger partial charge in [-0.15, -0.1) is 0 Å². The zero-order chi connectivity index (χ0) is 24.0. The lowest BCUT2D eigenvalue weighted by Crippen LogP contribution is -2.49. The van der Waals surface area contributed by atoms with Crippen molar-refractivity contribution in [2.45, 2.75) is 106 Å². The van der Waals surface area contributed by atoms with Gasteiger partial charge in [-0.25, -0.2) is 0 Å². The number of benzene rings is 1. The molecule has 4 unspecified atom stereocenters. The molecule has 1 N–H and O–H groups in total. The second kappa shape index (κ2) is 8.66. The molecule has 0 heterocycles. The summed E-state index contributed by atoms with van der Waals surface area (Å²) in [7, 11) is 3.37. The first kappa shape index (κ1) is 26.1. The molecule has 0 aliphatic heterocycles. The summed E-state index contributed by atoms with van der Waals surface area (Å²) in [4.78, 5) is 12.9. The van der Waals surface area contributed by atoms with Crippen molar-refractivity contribution in [2.24, 2.45) is 22.7 Å². The predicted molar refractivity (Wildman–Crippen MR) is 133 cm³/mol. The largest absolute Gasteiger partial charge is 0.413 e. The van der Waals surface area contributed by atoms with Crippen LogP contribution in [-0.2, 0) is 14.6 Å². The summed E-state index contributed by atoms with van der Waals surface area (Å²) in [6.07, 6.45) is 2.06. The van der Waals surface area contributed by atoms with Gasteiger partial charge in [0.2, 0.25) is 16.4 Å². The molecule has 173 valence electrons. The van der Waals surface area contributed by atoms with Crippen molar-refractivity contribution in [1.82, 2.24) is 0 Å². The maximum Gasteiger partial charge on any atom is 0.247 e. The molecule has 1 fully saturated rings. The van der Waals surface area contributed by atoms with E-state index in [2.05, 4.69) is 89.4 Å². The van der Waals surface area contributed by atoms with Crippen LogP contribution in [0.25, 0.3) is 0 Å². The number of hydrogen-bond donors (Lipinski definition) is 1. The molecule has 1 aromatic carbocycles. The molecule has 1 aliphatic rings. The normalized spacial score (nSPS) is 27.8. The summed E-state index contributed by atoms with van der Waals surface area (Å²) in [6.45, 7) is 24.1.